The summed E-state index contributed by atoms with van der Waals surface area (Å²) < 4.78 is 1.45. The number of hydrogen-bond acceptors (Lipinski definition) is 4. The van der Waals surface area contributed by atoms with E-state index in [-0.39, 0.29) is 22.6 Å². The summed E-state index contributed by atoms with van der Waals surface area (Å²) in [6.07, 6.45) is 2.02. The number of carbonyl (C=O) groups excluding carboxylic acids is 1. The fraction of sp³-hybridized carbons (Fsp3) is 0.462. The predicted molar refractivity (Wildman–Crippen MR) is 76.8 cm³/mol. The van der Waals surface area contributed by atoms with E-state index >= 15 is 0 Å². The van der Waals surface area contributed by atoms with Crippen LogP contribution in [0.2, 0.25) is 0 Å². The SMILES string of the molecule is Cc1nc2sccn2c(=O)c1NC(=O)CC(C)(C)C. The lowest BCUT2D eigenvalue weighted by Crippen LogP contribution is -2.26. The van der Waals surface area contributed by atoms with Crippen LogP contribution in [0.5, 0.6) is 0 Å². The van der Waals surface area contributed by atoms with Crippen LogP contribution >= 0.6 is 11.3 Å². The molecule has 102 valence electrons. The number of carbonyl (C=O) groups is 1. The maximum absolute atomic E-state index is 12.2. The molecule has 0 aliphatic heterocycles. The van der Waals surface area contributed by atoms with Gasteiger partial charge in [-0.25, -0.2) is 4.98 Å². The Morgan fingerprint density at radius 2 is 2.16 bits per heavy atom. The molecule has 19 heavy (non-hydrogen) atoms. The molecule has 2 heterocycles. The van der Waals surface area contributed by atoms with Gasteiger partial charge in [-0.15, -0.1) is 11.3 Å². The molecule has 0 aromatic carbocycles. The number of amides is 1. The van der Waals surface area contributed by atoms with Gasteiger partial charge in [0.15, 0.2) is 4.96 Å². The second kappa shape index (κ2) is 4.77. The fourth-order valence-corrected chi connectivity index (χ4v) is 2.54. The van der Waals surface area contributed by atoms with Crippen molar-refractivity contribution < 1.29 is 4.79 Å². The van der Waals surface area contributed by atoms with Crippen LogP contribution in [-0.4, -0.2) is 15.3 Å². The summed E-state index contributed by atoms with van der Waals surface area (Å²) in [5.74, 6) is -0.162. The van der Waals surface area contributed by atoms with Crippen molar-refractivity contribution in [3.63, 3.8) is 0 Å². The van der Waals surface area contributed by atoms with Gasteiger partial charge in [-0.1, -0.05) is 20.8 Å². The molecule has 2 rings (SSSR count). The number of aromatic nitrogens is 2. The Hall–Kier alpha value is -1.69. The summed E-state index contributed by atoms with van der Waals surface area (Å²) in [6, 6.07) is 0. The van der Waals surface area contributed by atoms with Gasteiger partial charge in [0, 0.05) is 18.0 Å². The van der Waals surface area contributed by atoms with Gasteiger partial charge in [-0.3, -0.25) is 14.0 Å². The van der Waals surface area contributed by atoms with Gasteiger partial charge in [0.05, 0.1) is 5.69 Å². The van der Waals surface area contributed by atoms with Crippen molar-refractivity contribution in [1.29, 1.82) is 0 Å². The summed E-state index contributed by atoms with van der Waals surface area (Å²) in [4.78, 5) is 29.1. The summed E-state index contributed by atoms with van der Waals surface area (Å²) in [5, 5.41) is 4.48. The van der Waals surface area contributed by atoms with Gasteiger partial charge < -0.3 is 5.32 Å². The average molecular weight is 279 g/mol. The van der Waals surface area contributed by atoms with E-state index in [4.69, 9.17) is 0 Å². The predicted octanol–water partition coefficient (Wildman–Crippen LogP) is 2.44. The van der Waals surface area contributed by atoms with Crippen molar-refractivity contribution >= 4 is 27.9 Å². The number of aryl methyl sites for hydroxylation is 1. The molecule has 5 nitrogen and oxygen atoms in total. The highest BCUT2D eigenvalue weighted by atomic mass is 32.1. The van der Waals surface area contributed by atoms with Crippen molar-refractivity contribution in [2.45, 2.75) is 34.1 Å². The van der Waals surface area contributed by atoms with E-state index in [0.717, 1.165) is 0 Å². The van der Waals surface area contributed by atoms with E-state index in [0.29, 0.717) is 17.1 Å². The molecule has 0 saturated heterocycles. The lowest BCUT2D eigenvalue weighted by molar-refractivity contribution is -0.117. The molecule has 2 aromatic heterocycles. The highest BCUT2D eigenvalue weighted by Gasteiger charge is 2.18. The zero-order chi connectivity index (χ0) is 14.2. The summed E-state index contributed by atoms with van der Waals surface area (Å²) in [7, 11) is 0. The first-order chi connectivity index (χ1) is 8.78. The van der Waals surface area contributed by atoms with Crippen molar-refractivity contribution in [2.75, 3.05) is 5.32 Å². The largest absolute Gasteiger partial charge is 0.320 e. The molecule has 0 unspecified atom stereocenters. The molecule has 0 radical (unpaired) electrons. The van der Waals surface area contributed by atoms with Gasteiger partial charge in [0.1, 0.15) is 5.69 Å². The van der Waals surface area contributed by atoms with Crippen LogP contribution < -0.4 is 10.9 Å². The van der Waals surface area contributed by atoms with Gasteiger partial charge in [-0.05, 0) is 12.3 Å². The van der Waals surface area contributed by atoms with Gasteiger partial charge in [0.2, 0.25) is 5.91 Å². The lowest BCUT2D eigenvalue weighted by atomic mass is 9.92. The molecule has 1 N–H and O–H groups in total. The Kier molecular flexibility index (Phi) is 3.45. The molecule has 0 aliphatic rings. The molecule has 0 spiro atoms. The van der Waals surface area contributed by atoms with Crippen LogP contribution in [0.1, 0.15) is 32.9 Å². The lowest BCUT2D eigenvalue weighted by Gasteiger charge is -2.17. The third-order valence-corrected chi connectivity index (χ3v) is 3.36. The van der Waals surface area contributed by atoms with E-state index in [1.54, 1.807) is 18.5 Å². The first-order valence-corrected chi connectivity index (χ1v) is 6.92. The average Bonchev–Trinajstić information content (AvgIpc) is 2.69. The van der Waals surface area contributed by atoms with Crippen LogP contribution in [-0.2, 0) is 4.79 Å². The highest BCUT2D eigenvalue weighted by molar-refractivity contribution is 7.15. The minimum atomic E-state index is -0.231. The number of rotatable bonds is 2. The number of fused-ring (bicyclic) bond motifs is 1. The van der Waals surface area contributed by atoms with Crippen LogP contribution in [0.15, 0.2) is 16.4 Å². The maximum Gasteiger partial charge on any atom is 0.282 e. The fourth-order valence-electron chi connectivity index (χ4n) is 1.79. The maximum atomic E-state index is 12.2. The van der Waals surface area contributed by atoms with Crippen molar-refractivity contribution in [1.82, 2.24) is 9.38 Å². The third kappa shape index (κ3) is 3.01. The third-order valence-electron chi connectivity index (χ3n) is 2.60. The molecule has 0 fully saturated rings. The molecule has 0 atom stereocenters. The molecule has 1 amide bonds. The van der Waals surface area contributed by atoms with Crippen LogP contribution in [0.3, 0.4) is 0 Å². The Morgan fingerprint density at radius 1 is 1.47 bits per heavy atom. The summed E-state index contributed by atoms with van der Waals surface area (Å²) >= 11 is 1.39. The van der Waals surface area contributed by atoms with E-state index in [1.807, 2.05) is 20.8 Å². The quantitative estimate of drug-likeness (QED) is 0.918. The van der Waals surface area contributed by atoms with Crippen LogP contribution in [0, 0.1) is 12.3 Å². The van der Waals surface area contributed by atoms with Crippen molar-refractivity contribution in [3.8, 4) is 0 Å². The molecular formula is C13H17N3O2S. The second-order valence-electron chi connectivity index (χ2n) is 5.72. The molecule has 6 heteroatoms. The van der Waals surface area contributed by atoms with E-state index in [1.165, 1.54) is 15.7 Å². The van der Waals surface area contributed by atoms with E-state index in [2.05, 4.69) is 10.3 Å². The minimum Gasteiger partial charge on any atom is -0.320 e. The molecule has 0 saturated carbocycles. The number of hydrogen-bond donors (Lipinski definition) is 1. The van der Waals surface area contributed by atoms with E-state index in [9.17, 15) is 9.59 Å². The van der Waals surface area contributed by atoms with Crippen LogP contribution in [0.25, 0.3) is 4.96 Å². The van der Waals surface area contributed by atoms with Crippen LogP contribution in [0.4, 0.5) is 5.69 Å². The Bertz CT molecular complexity index is 679. The standard InChI is InChI=1S/C13H17N3O2S/c1-8-10(15-9(17)7-13(2,3)4)11(18)16-5-6-19-12(16)14-8/h5-6H,7H2,1-4H3,(H,15,17). The summed E-state index contributed by atoms with van der Waals surface area (Å²) in [6.45, 7) is 7.67. The topological polar surface area (TPSA) is 63.5 Å². The zero-order valence-corrected chi connectivity index (χ0v) is 12.3. The minimum absolute atomic E-state index is 0.117. The van der Waals surface area contributed by atoms with Crippen molar-refractivity contribution in [3.05, 3.63) is 27.6 Å². The highest BCUT2D eigenvalue weighted by Crippen LogP contribution is 2.20. The first-order valence-electron chi connectivity index (χ1n) is 6.04. The number of nitrogens with zero attached hydrogens (tertiary/aromatic N) is 2. The second-order valence-corrected chi connectivity index (χ2v) is 6.59. The van der Waals surface area contributed by atoms with E-state index < -0.39 is 0 Å². The normalized spacial score (nSPS) is 11.8. The molecule has 0 bridgehead atoms. The molecular weight excluding hydrogens is 262 g/mol. The first kappa shape index (κ1) is 13.7. The Morgan fingerprint density at radius 3 is 2.79 bits per heavy atom. The monoisotopic (exact) mass is 279 g/mol. The number of anilines is 1. The Balaban J connectivity index is 2.35. The molecule has 0 aliphatic carbocycles. The smallest absolute Gasteiger partial charge is 0.282 e. The molecule has 2 aromatic rings. The summed E-state index contributed by atoms with van der Waals surface area (Å²) in [5.41, 5.74) is 0.472. The zero-order valence-electron chi connectivity index (χ0n) is 11.5. The van der Waals surface area contributed by atoms with Crippen molar-refractivity contribution in [2.24, 2.45) is 5.41 Å². The van der Waals surface area contributed by atoms with Gasteiger partial charge in [0.25, 0.3) is 5.56 Å². The van der Waals surface area contributed by atoms with Gasteiger partial charge in [-0.2, -0.15) is 0 Å². The van der Waals surface area contributed by atoms with Gasteiger partial charge >= 0.3 is 0 Å². The Labute approximate surface area is 115 Å². The number of thiazole rings is 1. The number of nitrogens with one attached hydrogen (secondary N) is 1.